The van der Waals surface area contributed by atoms with Crippen molar-refractivity contribution in [3.05, 3.63) is 166 Å². The molecule has 0 atom stereocenters. The number of nitrogens with two attached hydrogens (primary N) is 1. The minimum Gasteiger partial charge on any atom is -0.398 e. The number of halogens is 12. The van der Waals surface area contributed by atoms with Crippen LogP contribution in [0.1, 0.15) is 55.5 Å². The third kappa shape index (κ3) is 8.36. The number of hydrogen-bond acceptors (Lipinski definition) is 4. The molecular formula is C46H26F12N2O2. The van der Waals surface area contributed by atoms with Gasteiger partial charge < -0.3 is 5.73 Å². The first-order valence-corrected chi connectivity index (χ1v) is 18.1. The molecule has 0 fully saturated rings. The van der Waals surface area contributed by atoms with Gasteiger partial charge in [-0.3, -0.25) is 9.59 Å². The maximum absolute atomic E-state index is 13.3. The van der Waals surface area contributed by atoms with Gasteiger partial charge in [0.25, 0.3) is 0 Å². The summed E-state index contributed by atoms with van der Waals surface area (Å²) in [6, 6.07) is 30.0. The van der Waals surface area contributed by atoms with Crippen molar-refractivity contribution in [3.8, 4) is 44.6 Å². The van der Waals surface area contributed by atoms with Crippen LogP contribution in [0.2, 0.25) is 0 Å². The Bertz CT molecular complexity index is 2860. The summed E-state index contributed by atoms with van der Waals surface area (Å²) in [7, 11) is 0. The van der Waals surface area contributed by atoms with Gasteiger partial charge in [0.05, 0.1) is 39.0 Å². The van der Waals surface area contributed by atoms with Crippen LogP contribution in [-0.2, 0) is 24.7 Å². The lowest BCUT2D eigenvalue weighted by Crippen LogP contribution is -2.12. The minimum absolute atomic E-state index is 0.0214. The van der Waals surface area contributed by atoms with Crippen LogP contribution < -0.4 is 5.73 Å². The number of nitrogen functional groups attached to an aromatic ring is 1. The highest BCUT2D eigenvalue weighted by Gasteiger charge is 2.39. The van der Waals surface area contributed by atoms with Crippen LogP contribution in [0.25, 0.3) is 55.5 Å². The van der Waals surface area contributed by atoms with Gasteiger partial charge >= 0.3 is 24.7 Å². The van der Waals surface area contributed by atoms with E-state index in [1.807, 2.05) is 66.7 Å². The Hall–Kier alpha value is -6.97. The Balaban J connectivity index is 0.000000153. The van der Waals surface area contributed by atoms with Crippen LogP contribution in [-0.4, -0.2) is 16.6 Å². The molecule has 6 aromatic carbocycles. The second kappa shape index (κ2) is 15.5. The molecule has 0 aliphatic heterocycles. The van der Waals surface area contributed by atoms with E-state index in [4.69, 9.17) is 5.73 Å². The van der Waals surface area contributed by atoms with Gasteiger partial charge in [-0.2, -0.15) is 52.7 Å². The van der Waals surface area contributed by atoms with Crippen molar-refractivity contribution >= 4 is 28.2 Å². The quantitative estimate of drug-likeness (QED) is 0.107. The molecule has 2 N–H and O–H groups in total. The number of alkyl halides is 12. The summed E-state index contributed by atoms with van der Waals surface area (Å²) in [5.41, 5.74) is 7.27. The summed E-state index contributed by atoms with van der Waals surface area (Å²) in [6.07, 6.45) is -19.7. The molecule has 4 nitrogen and oxygen atoms in total. The summed E-state index contributed by atoms with van der Waals surface area (Å²) in [5.74, 6) is -0.819. The highest BCUT2D eigenvalue weighted by molar-refractivity contribution is 6.24. The third-order valence-electron chi connectivity index (χ3n) is 10.0. The number of Topliss-reactive ketones (excluding diaryl/α,β-unsaturated/α-hetero) is 1. The number of carbonyl (C=O) groups excluding carboxylic acids is 2. The number of rotatable bonds is 2. The van der Waals surface area contributed by atoms with Crippen LogP contribution in [0.5, 0.6) is 0 Å². The third-order valence-corrected chi connectivity index (χ3v) is 10.0. The van der Waals surface area contributed by atoms with Crippen LogP contribution >= 0.6 is 0 Å². The van der Waals surface area contributed by atoms with Crippen LogP contribution in [0, 0.1) is 0 Å². The molecule has 62 heavy (non-hydrogen) atoms. The molecule has 2 aliphatic carbocycles. The molecule has 7 aromatic rings. The van der Waals surface area contributed by atoms with Gasteiger partial charge in [0.15, 0.2) is 11.6 Å². The molecule has 0 amide bonds. The van der Waals surface area contributed by atoms with E-state index in [-0.39, 0.29) is 29.2 Å². The van der Waals surface area contributed by atoms with E-state index in [1.54, 1.807) is 24.3 Å². The second-order valence-corrected chi connectivity index (χ2v) is 14.1. The normalized spacial score (nSPS) is 12.8. The summed E-state index contributed by atoms with van der Waals surface area (Å²) in [5, 5.41) is 0.838. The molecular weight excluding hydrogens is 840 g/mol. The van der Waals surface area contributed by atoms with Gasteiger partial charge in [-0.05, 0) is 94.9 Å². The fourth-order valence-electron chi connectivity index (χ4n) is 7.18. The number of hydrogen-bond donors (Lipinski definition) is 1. The number of carbonyl (C=O) groups is 2. The van der Waals surface area contributed by atoms with Crippen LogP contribution in [0.4, 0.5) is 58.4 Å². The molecule has 1 aromatic heterocycles. The molecule has 0 spiro atoms. The molecule has 0 saturated heterocycles. The zero-order valence-corrected chi connectivity index (χ0v) is 31.5. The molecule has 0 saturated carbocycles. The van der Waals surface area contributed by atoms with Crippen molar-refractivity contribution in [2.45, 2.75) is 31.6 Å². The standard InChI is InChI=1S/C23H11F6N.C13H9NO.C10H6F6O/c24-22(25,26)13-8-12(9-14(10-13)23(27,28)29)20-11-18-16-5-2-1-4-15(16)17-6-3-7-19(30-20)21(17)18;14-11-7-3-6-9-8-4-1-2-5-10(8)13(15)12(9)11;1-5(17)6-2-7(9(11,12)13)4-8(3-6)10(14,15)16/h1-11H;1-7H,14H2;2-4H,1H3. The predicted octanol–water partition coefficient (Wildman–Crippen LogP) is 14.0. The average molecular weight is 867 g/mol. The second-order valence-electron chi connectivity index (χ2n) is 14.1. The summed E-state index contributed by atoms with van der Waals surface area (Å²) < 4.78 is 154. The zero-order chi connectivity index (χ0) is 45.1. The Morgan fingerprint density at radius 1 is 0.484 bits per heavy atom. The molecule has 2 aliphatic rings. The van der Waals surface area contributed by atoms with E-state index in [2.05, 4.69) is 4.98 Å². The number of benzene rings is 6. The van der Waals surface area contributed by atoms with Gasteiger partial charge in [-0.1, -0.05) is 72.8 Å². The Morgan fingerprint density at radius 3 is 1.40 bits per heavy atom. The highest BCUT2D eigenvalue weighted by atomic mass is 19.4. The number of aromatic nitrogens is 1. The molecule has 1 heterocycles. The first-order chi connectivity index (χ1) is 28.9. The fraction of sp³-hybridized carbons (Fsp3) is 0.109. The smallest absolute Gasteiger partial charge is 0.398 e. The van der Waals surface area contributed by atoms with Gasteiger partial charge in [0.2, 0.25) is 0 Å². The van der Waals surface area contributed by atoms with E-state index < -0.39 is 58.3 Å². The van der Waals surface area contributed by atoms with Gasteiger partial charge in [-0.15, -0.1) is 0 Å². The number of pyridine rings is 1. The van der Waals surface area contributed by atoms with Gasteiger partial charge in [0, 0.05) is 27.8 Å². The monoisotopic (exact) mass is 866 g/mol. The van der Waals surface area contributed by atoms with Crippen molar-refractivity contribution < 1.29 is 62.3 Å². The number of fused-ring (bicyclic) bond motifs is 6. The minimum atomic E-state index is -4.93. The van der Waals surface area contributed by atoms with Crippen molar-refractivity contribution in [1.29, 1.82) is 0 Å². The maximum Gasteiger partial charge on any atom is 0.416 e. The summed E-state index contributed by atoms with van der Waals surface area (Å²) in [4.78, 5) is 27.3. The van der Waals surface area contributed by atoms with Crippen molar-refractivity contribution in [3.63, 3.8) is 0 Å². The molecule has 0 unspecified atom stereocenters. The lowest BCUT2D eigenvalue weighted by molar-refractivity contribution is -0.144. The molecule has 16 heteroatoms. The van der Waals surface area contributed by atoms with E-state index in [1.165, 1.54) is 0 Å². The Morgan fingerprint density at radius 2 is 0.903 bits per heavy atom. The van der Waals surface area contributed by atoms with Crippen LogP contribution in [0.3, 0.4) is 0 Å². The number of anilines is 1. The Labute approximate surface area is 343 Å². The summed E-state index contributed by atoms with van der Waals surface area (Å²) >= 11 is 0. The molecule has 0 radical (unpaired) electrons. The van der Waals surface area contributed by atoms with E-state index in [0.29, 0.717) is 41.0 Å². The average Bonchev–Trinajstić information content (AvgIpc) is 3.69. The van der Waals surface area contributed by atoms with Gasteiger partial charge in [-0.25, -0.2) is 4.98 Å². The first kappa shape index (κ1) is 43.1. The maximum atomic E-state index is 13.3. The van der Waals surface area contributed by atoms with E-state index in [0.717, 1.165) is 51.3 Å². The van der Waals surface area contributed by atoms with Crippen molar-refractivity contribution in [2.24, 2.45) is 0 Å². The topological polar surface area (TPSA) is 73.1 Å². The van der Waals surface area contributed by atoms with Crippen LogP contribution in [0.15, 0.2) is 127 Å². The Kier molecular flexibility index (Phi) is 10.8. The zero-order valence-electron chi connectivity index (χ0n) is 31.5. The number of nitrogens with zero attached hydrogens (tertiary/aromatic N) is 1. The molecule has 9 rings (SSSR count). The number of ketones is 2. The van der Waals surface area contributed by atoms with E-state index >= 15 is 0 Å². The summed E-state index contributed by atoms with van der Waals surface area (Å²) in [6.45, 7) is 0.898. The lowest BCUT2D eigenvalue weighted by Gasteiger charge is -2.15. The molecule has 316 valence electrons. The predicted molar refractivity (Wildman–Crippen MR) is 208 cm³/mol. The van der Waals surface area contributed by atoms with Crippen molar-refractivity contribution in [2.75, 3.05) is 5.73 Å². The lowest BCUT2D eigenvalue weighted by atomic mass is 9.99. The first-order valence-electron chi connectivity index (χ1n) is 18.1. The molecule has 0 bridgehead atoms. The fourth-order valence-corrected chi connectivity index (χ4v) is 7.18. The van der Waals surface area contributed by atoms with Gasteiger partial charge in [0.1, 0.15) is 0 Å². The van der Waals surface area contributed by atoms with Crippen molar-refractivity contribution in [1.82, 2.24) is 4.98 Å². The highest BCUT2D eigenvalue weighted by Crippen LogP contribution is 2.48. The SMILES string of the molecule is CC(=O)c1cc(C(F)(F)F)cc(C(F)(F)F)c1.FC(F)(F)c1cc(-c2cc3c4c(cccc4n2)-c2ccccc2-3)cc(C(F)(F)F)c1.Nc1cccc2c1C(=O)c1ccccc1-2. The van der Waals surface area contributed by atoms with E-state index in [9.17, 15) is 62.3 Å². The largest absolute Gasteiger partial charge is 0.416 e.